The Kier molecular flexibility index (Phi) is 11.9. The second-order valence-corrected chi connectivity index (χ2v) is 14.9. The van der Waals surface area contributed by atoms with Crippen LogP contribution in [0.3, 0.4) is 0 Å². The van der Waals surface area contributed by atoms with E-state index < -0.39 is 42.3 Å². The van der Waals surface area contributed by atoms with Crippen LogP contribution in [-0.4, -0.2) is 93.1 Å². The molecular formula is C41H49FN8O6. The number of halogens is 1. The average Bonchev–Trinajstić information content (AvgIpc) is 4.02. The fourth-order valence-corrected chi connectivity index (χ4v) is 7.40. The summed E-state index contributed by atoms with van der Waals surface area (Å²) in [6, 6.07) is 12.9. The Morgan fingerprint density at radius 3 is 1.88 bits per heavy atom. The Balaban J connectivity index is 1.14. The van der Waals surface area contributed by atoms with Gasteiger partial charge in [0.15, 0.2) is 0 Å². The number of rotatable bonds is 11. The fourth-order valence-electron chi connectivity index (χ4n) is 7.40. The zero-order valence-corrected chi connectivity index (χ0v) is 32.5. The molecule has 4 amide bonds. The molecule has 2 aliphatic heterocycles. The molecule has 0 bridgehead atoms. The maximum atomic E-state index is 15.4. The Morgan fingerprint density at radius 2 is 1.32 bits per heavy atom. The second-order valence-electron chi connectivity index (χ2n) is 14.9. The van der Waals surface area contributed by atoms with Crippen LogP contribution in [0.15, 0.2) is 66.9 Å². The number of nitrogens with one attached hydrogen (secondary N) is 4. The first kappa shape index (κ1) is 39.7. The summed E-state index contributed by atoms with van der Waals surface area (Å²) in [5.74, 6) is -0.475. The van der Waals surface area contributed by atoms with E-state index in [1.807, 2.05) is 76.2 Å². The van der Waals surface area contributed by atoms with E-state index in [9.17, 15) is 19.2 Å². The summed E-state index contributed by atoms with van der Waals surface area (Å²) >= 11 is 0. The lowest BCUT2D eigenvalue weighted by Crippen LogP contribution is -2.51. The molecule has 2 fully saturated rings. The Labute approximate surface area is 325 Å². The molecule has 14 nitrogen and oxygen atoms in total. The number of likely N-dealkylation sites (tertiary alicyclic amines) is 2. The third kappa shape index (κ3) is 8.16. The number of benzene rings is 2. The Bertz CT molecular complexity index is 2080. The summed E-state index contributed by atoms with van der Waals surface area (Å²) in [7, 11) is 2.51. The van der Waals surface area contributed by atoms with Crippen LogP contribution >= 0.6 is 0 Å². The molecule has 0 spiro atoms. The lowest BCUT2D eigenvalue weighted by molar-refractivity contribution is -0.136. The summed E-state index contributed by atoms with van der Waals surface area (Å²) in [5, 5.41) is 5.29. The largest absolute Gasteiger partial charge is 0.453 e. The number of amides is 4. The Hall–Kier alpha value is -5.99. The highest BCUT2D eigenvalue weighted by Crippen LogP contribution is 2.37. The minimum atomic E-state index is -0.789. The third-order valence-corrected chi connectivity index (χ3v) is 10.5. The highest BCUT2D eigenvalue weighted by atomic mass is 19.1. The molecule has 6 rings (SSSR count). The average molecular weight is 769 g/mol. The van der Waals surface area contributed by atoms with E-state index in [-0.39, 0.29) is 29.3 Å². The SMILES string of the molecule is C=C1CCN(C(=O)C(NC(=O)OC)C(C)C)C1c1ncc(-c2ccc(-c3ccc(-c4nc(C5CCCN5C(=O)C(NC(=O)OC)C(C)C)[nH]c4F)cc3)cc2)[nH]1. The highest BCUT2D eigenvalue weighted by molar-refractivity contribution is 5.87. The molecule has 2 aliphatic rings. The van der Waals surface area contributed by atoms with Gasteiger partial charge in [-0.25, -0.2) is 19.6 Å². The quantitative estimate of drug-likeness (QED) is 0.125. The van der Waals surface area contributed by atoms with Gasteiger partial charge in [0.05, 0.1) is 32.2 Å². The molecule has 2 aromatic heterocycles. The van der Waals surface area contributed by atoms with Crippen LogP contribution < -0.4 is 10.6 Å². The smallest absolute Gasteiger partial charge is 0.407 e. The number of aromatic nitrogens is 4. The first-order chi connectivity index (χ1) is 26.8. The zero-order chi connectivity index (χ0) is 40.3. The maximum Gasteiger partial charge on any atom is 0.407 e. The zero-order valence-electron chi connectivity index (χ0n) is 32.5. The number of methoxy groups -OCH3 is 2. The van der Waals surface area contributed by atoms with E-state index in [4.69, 9.17) is 9.47 Å². The molecule has 0 saturated carbocycles. The summed E-state index contributed by atoms with van der Waals surface area (Å²) in [6.45, 7) is 12.6. The lowest BCUT2D eigenvalue weighted by Gasteiger charge is -2.30. The van der Waals surface area contributed by atoms with Crippen molar-refractivity contribution >= 4 is 24.0 Å². The molecule has 4 unspecified atom stereocenters. The first-order valence-corrected chi connectivity index (χ1v) is 18.8. The van der Waals surface area contributed by atoms with Gasteiger partial charge in [0.2, 0.25) is 17.8 Å². The minimum Gasteiger partial charge on any atom is -0.453 e. The van der Waals surface area contributed by atoms with Gasteiger partial charge < -0.3 is 39.9 Å². The maximum absolute atomic E-state index is 15.4. The van der Waals surface area contributed by atoms with Crippen LogP contribution in [0.5, 0.6) is 0 Å². The van der Waals surface area contributed by atoms with Crippen molar-refractivity contribution in [3.05, 3.63) is 84.5 Å². The predicted molar refractivity (Wildman–Crippen MR) is 207 cm³/mol. The molecule has 4 N–H and O–H groups in total. The number of hydrogen-bond acceptors (Lipinski definition) is 8. The van der Waals surface area contributed by atoms with E-state index in [1.165, 1.54) is 14.2 Å². The van der Waals surface area contributed by atoms with Gasteiger partial charge in [0.1, 0.15) is 35.5 Å². The third-order valence-electron chi connectivity index (χ3n) is 10.5. The standard InChI is InChI=1S/C41H49FN8O6/c1-22(2)31(46-40(53)55-6)38(51)49-19-8-9-30(49)36-45-33(35(42)48-36)28-16-12-26(13-17-28)25-10-14-27(15-11-25)29-21-43-37(44-29)34-24(5)18-20-50(34)39(52)32(23(3)4)47-41(54)56-7/h10-17,21-23,30-32,34H,5,8-9,18-20H2,1-4,6-7H3,(H,43,44)(H,45,48)(H,46,53)(H,47,54). The molecule has 4 atom stereocenters. The Morgan fingerprint density at radius 1 is 0.786 bits per heavy atom. The lowest BCUT2D eigenvalue weighted by atomic mass is 10.0. The minimum absolute atomic E-state index is 0.160. The number of imidazole rings is 2. The summed E-state index contributed by atoms with van der Waals surface area (Å²) < 4.78 is 24.8. The number of aromatic amines is 2. The predicted octanol–water partition coefficient (Wildman–Crippen LogP) is 6.53. The highest BCUT2D eigenvalue weighted by Gasteiger charge is 2.40. The normalized spacial score (nSPS) is 18.0. The monoisotopic (exact) mass is 768 g/mol. The number of nitrogens with zero attached hydrogens (tertiary/aromatic N) is 4. The molecule has 15 heteroatoms. The number of ether oxygens (including phenoxy) is 2. The number of carbonyl (C=O) groups excluding carboxylic acids is 4. The molecule has 0 aliphatic carbocycles. The van der Waals surface area contributed by atoms with E-state index >= 15 is 4.39 Å². The van der Waals surface area contributed by atoms with E-state index in [1.54, 1.807) is 16.0 Å². The summed E-state index contributed by atoms with van der Waals surface area (Å²) in [6.07, 6.45) is 2.33. The molecule has 2 aromatic carbocycles. The van der Waals surface area contributed by atoms with Crippen LogP contribution in [-0.2, 0) is 19.1 Å². The van der Waals surface area contributed by atoms with Crippen molar-refractivity contribution in [1.29, 1.82) is 0 Å². The summed E-state index contributed by atoms with van der Waals surface area (Å²) in [4.78, 5) is 69.8. The van der Waals surface area contributed by atoms with Gasteiger partial charge in [0, 0.05) is 18.7 Å². The number of alkyl carbamates (subject to hydrolysis) is 2. The first-order valence-electron chi connectivity index (χ1n) is 18.8. The van der Waals surface area contributed by atoms with Gasteiger partial charge >= 0.3 is 12.2 Å². The molecular weight excluding hydrogens is 719 g/mol. The fraction of sp³-hybridized carbons (Fsp3) is 0.415. The van der Waals surface area contributed by atoms with Crippen LogP contribution in [0.4, 0.5) is 14.0 Å². The van der Waals surface area contributed by atoms with Crippen LogP contribution in [0, 0.1) is 17.8 Å². The molecule has 4 aromatic rings. The van der Waals surface area contributed by atoms with Crippen molar-refractivity contribution in [1.82, 2.24) is 40.4 Å². The molecule has 0 radical (unpaired) electrons. The van der Waals surface area contributed by atoms with Gasteiger partial charge in [-0.3, -0.25) is 9.59 Å². The van der Waals surface area contributed by atoms with Gasteiger partial charge in [-0.15, -0.1) is 0 Å². The number of carbonyl (C=O) groups is 4. The van der Waals surface area contributed by atoms with Crippen LogP contribution in [0.25, 0.3) is 33.6 Å². The molecule has 4 heterocycles. The molecule has 56 heavy (non-hydrogen) atoms. The molecule has 296 valence electrons. The van der Waals surface area contributed by atoms with E-state index in [0.29, 0.717) is 43.1 Å². The van der Waals surface area contributed by atoms with E-state index in [2.05, 4.69) is 37.1 Å². The van der Waals surface area contributed by atoms with Crippen molar-refractivity contribution in [3.8, 4) is 33.6 Å². The number of H-pyrrole nitrogens is 2. The van der Waals surface area contributed by atoms with Crippen LogP contribution in [0.1, 0.15) is 70.7 Å². The summed E-state index contributed by atoms with van der Waals surface area (Å²) in [5.41, 5.74) is 5.13. The van der Waals surface area contributed by atoms with Crippen molar-refractivity contribution in [2.45, 2.75) is 71.1 Å². The van der Waals surface area contributed by atoms with Crippen molar-refractivity contribution in [2.75, 3.05) is 27.3 Å². The van der Waals surface area contributed by atoms with Crippen LogP contribution in [0.2, 0.25) is 0 Å². The van der Waals surface area contributed by atoms with Crippen molar-refractivity contribution in [3.63, 3.8) is 0 Å². The van der Waals surface area contributed by atoms with Gasteiger partial charge in [-0.2, -0.15) is 4.39 Å². The van der Waals surface area contributed by atoms with Gasteiger partial charge in [-0.1, -0.05) is 82.8 Å². The second kappa shape index (κ2) is 16.8. The van der Waals surface area contributed by atoms with E-state index in [0.717, 1.165) is 34.4 Å². The van der Waals surface area contributed by atoms with Crippen molar-refractivity contribution in [2.24, 2.45) is 11.8 Å². The molecule has 2 saturated heterocycles. The van der Waals surface area contributed by atoms with Crippen molar-refractivity contribution < 1.29 is 33.0 Å². The topological polar surface area (TPSA) is 175 Å². The van der Waals surface area contributed by atoms with Gasteiger partial charge in [-0.05, 0) is 53.4 Å². The van der Waals surface area contributed by atoms with Gasteiger partial charge in [0.25, 0.3) is 0 Å². The number of hydrogen-bond donors (Lipinski definition) is 4.